The van der Waals surface area contributed by atoms with Gasteiger partial charge in [0.25, 0.3) is 0 Å². The largest absolute Gasteiger partial charge is 0.497 e. The van der Waals surface area contributed by atoms with Crippen molar-refractivity contribution in [1.29, 1.82) is 0 Å². The summed E-state index contributed by atoms with van der Waals surface area (Å²) in [4.78, 5) is 0.127. The third-order valence-electron chi connectivity index (χ3n) is 4.00. The topological polar surface area (TPSA) is 84.7 Å². The van der Waals surface area contributed by atoms with Crippen LogP contribution in [0.4, 0.5) is 0 Å². The molecule has 0 bridgehead atoms. The molecule has 0 amide bonds. The molecule has 0 radical (unpaired) electrons. The number of ether oxygens (including phenoxy) is 1. The Kier molecular flexibility index (Phi) is 4.13. The fourth-order valence-corrected chi connectivity index (χ4v) is 4.52. The van der Waals surface area contributed by atoms with Crippen LogP contribution in [0.15, 0.2) is 41.6 Å². The lowest BCUT2D eigenvalue weighted by atomic mass is 10.0. The number of nitrogens with zero attached hydrogens (tertiary/aromatic N) is 3. The minimum Gasteiger partial charge on any atom is -0.497 e. The lowest BCUT2D eigenvalue weighted by Crippen LogP contribution is -2.31. The number of aryl methyl sites for hydroxylation is 1. The second kappa shape index (κ2) is 5.95. The maximum Gasteiger partial charge on any atom is 0.246 e. The summed E-state index contributed by atoms with van der Waals surface area (Å²) in [5, 5.41) is 13.9. The molecule has 2 aromatic rings. The number of aliphatic hydroxyl groups is 1. The van der Waals surface area contributed by atoms with Crippen molar-refractivity contribution in [3.63, 3.8) is 0 Å². The van der Waals surface area contributed by atoms with Crippen LogP contribution in [-0.4, -0.2) is 47.4 Å². The fraction of sp³-hybridized carbons (Fsp3) is 0.400. The predicted octanol–water partition coefficient (Wildman–Crippen LogP) is 0.925. The molecule has 124 valence electrons. The molecule has 2 atom stereocenters. The van der Waals surface area contributed by atoms with E-state index in [4.69, 9.17) is 4.74 Å². The van der Waals surface area contributed by atoms with Crippen LogP contribution in [0.5, 0.6) is 5.75 Å². The zero-order chi connectivity index (χ0) is 16.6. The third-order valence-corrected chi connectivity index (χ3v) is 5.83. The molecule has 0 unspecified atom stereocenters. The summed E-state index contributed by atoms with van der Waals surface area (Å²) in [7, 11) is -0.492. The molecule has 1 aromatic carbocycles. The highest BCUT2D eigenvalue weighted by molar-refractivity contribution is 7.89. The van der Waals surface area contributed by atoms with Crippen molar-refractivity contribution in [2.24, 2.45) is 7.05 Å². The number of rotatable bonds is 4. The number of aromatic nitrogens is 2. The summed E-state index contributed by atoms with van der Waals surface area (Å²) >= 11 is 0. The number of benzene rings is 1. The molecule has 2 heterocycles. The molecule has 23 heavy (non-hydrogen) atoms. The Bertz CT molecular complexity index is 803. The summed E-state index contributed by atoms with van der Waals surface area (Å²) in [5.74, 6) is 0.655. The molecule has 1 aromatic heterocycles. The van der Waals surface area contributed by atoms with Crippen LogP contribution in [0.25, 0.3) is 0 Å². The Morgan fingerprint density at radius 2 is 2.17 bits per heavy atom. The molecule has 1 N–H and O–H groups in total. The number of hydrogen-bond acceptors (Lipinski definition) is 5. The van der Waals surface area contributed by atoms with E-state index < -0.39 is 22.2 Å². The van der Waals surface area contributed by atoms with E-state index >= 15 is 0 Å². The monoisotopic (exact) mass is 337 g/mol. The summed E-state index contributed by atoms with van der Waals surface area (Å²) in [6, 6.07) is 6.83. The molecule has 1 saturated heterocycles. The Hall–Kier alpha value is -1.90. The van der Waals surface area contributed by atoms with E-state index in [0.29, 0.717) is 12.2 Å². The van der Waals surface area contributed by atoms with Gasteiger partial charge in [0.1, 0.15) is 10.6 Å². The molecular formula is C15H19N3O4S. The van der Waals surface area contributed by atoms with Crippen molar-refractivity contribution < 1.29 is 18.3 Å². The zero-order valence-corrected chi connectivity index (χ0v) is 13.8. The average molecular weight is 337 g/mol. The standard InChI is InChI=1S/C15H19N3O4S/c1-17-10-14(8-16-17)23(20,21)18-9-12(19)7-15(18)11-4-3-5-13(6-11)22-2/h3-6,8,10,12,15,19H,7,9H2,1-2H3/t12-,15+/m0/s1. The first kappa shape index (κ1) is 16.0. The van der Waals surface area contributed by atoms with Gasteiger partial charge in [0, 0.05) is 19.8 Å². The van der Waals surface area contributed by atoms with E-state index in [2.05, 4.69) is 5.10 Å². The summed E-state index contributed by atoms with van der Waals surface area (Å²) < 4.78 is 33.7. The van der Waals surface area contributed by atoms with E-state index in [1.54, 1.807) is 26.3 Å². The van der Waals surface area contributed by atoms with Crippen molar-refractivity contribution in [1.82, 2.24) is 14.1 Å². The van der Waals surface area contributed by atoms with Gasteiger partial charge in [-0.15, -0.1) is 0 Å². The van der Waals surface area contributed by atoms with Crippen LogP contribution < -0.4 is 4.74 Å². The van der Waals surface area contributed by atoms with Crippen molar-refractivity contribution in [2.45, 2.75) is 23.5 Å². The summed E-state index contributed by atoms with van der Waals surface area (Å²) in [6.45, 7) is 0.0686. The molecule has 0 aliphatic carbocycles. The minimum absolute atomic E-state index is 0.0686. The highest BCUT2D eigenvalue weighted by Gasteiger charge is 2.41. The Balaban J connectivity index is 1.99. The lowest BCUT2D eigenvalue weighted by Gasteiger charge is -2.23. The normalized spacial score (nSPS) is 22.4. The Morgan fingerprint density at radius 3 is 2.83 bits per heavy atom. The molecule has 7 nitrogen and oxygen atoms in total. The van der Waals surface area contributed by atoms with E-state index in [0.717, 1.165) is 5.56 Å². The van der Waals surface area contributed by atoms with Gasteiger partial charge in [-0.05, 0) is 24.1 Å². The molecule has 1 aliphatic heterocycles. The van der Waals surface area contributed by atoms with Crippen LogP contribution in [-0.2, 0) is 17.1 Å². The zero-order valence-electron chi connectivity index (χ0n) is 13.0. The van der Waals surface area contributed by atoms with Crippen molar-refractivity contribution in [2.75, 3.05) is 13.7 Å². The molecular weight excluding hydrogens is 318 g/mol. The molecule has 1 fully saturated rings. The molecule has 8 heteroatoms. The number of aliphatic hydroxyl groups excluding tert-OH is 1. The van der Waals surface area contributed by atoms with E-state index in [-0.39, 0.29) is 11.4 Å². The average Bonchev–Trinajstić information content (AvgIpc) is 3.14. The van der Waals surface area contributed by atoms with Gasteiger partial charge in [0.2, 0.25) is 10.0 Å². The molecule has 3 rings (SSSR count). The Labute approximate surface area is 135 Å². The number of methoxy groups -OCH3 is 1. The lowest BCUT2D eigenvalue weighted by molar-refractivity contribution is 0.188. The van der Waals surface area contributed by atoms with Crippen LogP contribution in [0.1, 0.15) is 18.0 Å². The predicted molar refractivity (Wildman–Crippen MR) is 83.5 cm³/mol. The Morgan fingerprint density at radius 1 is 1.39 bits per heavy atom. The van der Waals surface area contributed by atoms with Gasteiger partial charge >= 0.3 is 0 Å². The first-order chi connectivity index (χ1) is 10.9. The van der Waals surface area contributed by atoms with Crippen LogP contribution in [0.3, 0.4) is 0 Å². The smallest absolute Gasteiger partial charge is 0.246 e. The summed E-state index contributed by atoms with van der Waals surface area (Å²) in [5.41, 5.74) is 0.799. The second-order valence-corrected chi connectivity index (χ2v) is 7.50. The minimum atomic E-state index is -3.72. The van der Waals surface area contributed by atoms with Gasteiger partial charge in [0.05, 0.1) is 25.5 Å². The molecule has 0 saturated carbocycles. The van der Waals surface area contributed by atoms with Gasteiger partial charge in [-0.25, -0.2) is 8.42 Å². The maximum absolute atomic E-state index is 12.9. The second-order valence-electron chi connectivity index (χ2n) is 5.61. The number of β-amino-alcohol motifs (C(OH)–C–C–N with tert-alkyl or cyclic N) is 1. The highest BCUT2D eigenvalue weighted by atomic mass is 32.2. The van der Waals surface area contributed by atoms with E-state index in [1.165, 1.54) is 21.4 Å². The van der Waals surface area contributed by atoms with E-state index in [9.17, 15) is 13.5 Å². The number of hydrogen-bond donors (Lipinski definition) is 1. The fourth-order valence-electron chi connectivity index (χ4n) is 2.87. The number of sulfonamides is 1. The first-order valence-corrected chi connectivity index (χ1v) is 8.68. The quantitative estimate of drug-likeness (QED) is 0.897. The van der Waals surface area contributed by atoms with Crippen LogP contribution >= 0.6 is 0 Å². The van der Waals surface area contributed by atoms with Crippen LogP contribution in [0.2, 0.25) is 0 Å². The van der Waals surface area contributed by atoms with Gasteiger partial charge in [-0.2, -0.15) is 9.40 Å². The summed E-state index contributed by atoms with van der Waals surface area (Å²) in [6.07, 6.45) is 2.44. The van der Waals surface area contributed by atoms with Crippen molar-refractivity contribution >= 4 is 10.0 Å². The van der Waals surface area contributed by atoms with Crippen LogP contribution in [0, 0.1) is 0 Å². The SMILES string of the molecule is COc1cccc([C@H]2C[C@H](O)CN2S(=O)(=O)c2cnn(C)c2)c1. The highest BCUT2D eigenvalue weighted by Crippen LogP contribution is 2.37. The van der Waals surface area contributed by atoms with Gasteiger partial charge in [-0.1, -0.05) is 12.1 Å². The first-order valence-electron chi connectivity index (χ1n) is 7.24. The molecule has 1 aliphatic rings. The van der Waals surface area contributed by atoms with E-state index in [1.807, 2.05) is 12.1 Å². The molecule has 0 spiro atoms. The van der Waals surface area contributed by atoms with Crippen molar-refractivity contribution in [3.05, 3.63) is 42.2 Å². The van der Waals surface area contributed by atoms with Gasteiger partial charge in [0.15, 0.2) is 0 Å². The van der Waals surface area contributed by atoms with Crippen molar-refractivity contribution in [3.8, 4) is 5.75 Å². The van der Waals surface area contributed by atoms with Gasteiger partial charge in [-0.3, -0.25) is 4.68 Å². The maximum atomic E-state index is 12.9. The third kappa shape index (κ3) is 2.97. The van der Waals surface area contributed by atoms with Gasteiger partial charge < -0.3 is 9.84 Å².